The summed E-state index contributed by atoms with van der Waals surface area (Å²) in [5.41, 5.74) is -0.734. The van der Waals surface area contributed by atoms with Crippen molar-refractivity contribution in [3.63, 3.8) is 0 Å². The van der Waals surface area contributed by atoms with Crippen LogP contribution < -0.4 is 5.32 Å². The van der Waals surface area contributed by atoms with E-state index >= 15 is 4.79 Å². The van der Waals surface area contributed by atoms with Gasteiger partial charge in [0.1, 0.15) is 6.04 Å². The van der Waals surface area contributed by atoms with Crippen molar-refractivity contribution in [3.8, 4) is 0 Å². The van der Waals surface area contributed by atoms with Crippen LogP contribution in [-0.4, -0.2) is 107 Å². The highest BCUT2D eigenvalue weighted by Gasteiger charge is 2.85. The normalized spacial score (nSPS) is 29.2. The van der Waals surface area contributed by atoms with Crippen molar-refractivity contribution >= 4 is 34.9 Å². The number of carbonyl (C=O) groups excluding carboxylic acids is 6. The zero-order chi connectivity index (χ0) is 41.7. The summed E-state index contributed by atoms with van der Waals surface area (Å²) in [4.78, 5) is 91.6. The molecular weight excluding hydrogens is 717 g/mol. The van der Waals surface area contributed by atoms with Gasteiger partial charge in [0.15, 0.2) is 17.3 Å². The first-order valence-electron chi connectivity index (χ1n) is 23.0. The number of carbonyl (C=O) groups is 6. The minimum atomic E-state index is -0.695. The van der Waals surface area contributed by atoms with Gasteiger partial charge in [-0.1, -0.05) is 73.6 Å². The Kier molecular flexibility index (Phi) is 13.1. The first-order chi connectivity index (χ1) is 26.8. The highest BCUT2D eigenvalue weighted by Crippen LogP contribution is 2.88. The van der Waals surface area contributed by atoms with Crippen LogP contribution in [0, 0.1) is 45.3 Å². The van der Waals surface area contributed by atoms with E-state index in [4.69, 9.17) is 0 Å². The summed E-state index contributed by atoms with van der Waals surface area (Å²) in [6.45, 7) is 19.7. The van der Waals surface area contributed by atoms with E-state index in [1.54, 1.807) is 0 Å². The molecule has 1 N–H and O–H groups in total. The Hall–Kier alpha value is -2.46. The number of fused-ring (bicyclic) bond motifs is 1. The molecule has 0 aromatic rings. The van der Waals surface area contributed by atoms with Crippen LogP contribution in [-0.2, 0) is 28.8 Å². The lowest BCUT2D eigenvalue weighted by Crippen LogP contribution is -2.61. The Morgan fingerprint density at radius 1 is 0.842 bits per heavy atom. The number of likely N-dealkylation sites (N-methyl/N-ethyl adjacent to an activating group) is 1. The third-order valence-electron chi connectivity index (χ3n) is 16.6. The molecule has 320 valence electrons. The van der Waals surface area contributed by atoms with Crippen LogP contribution in [0.3, 0.4) is 0 Å². The fraction of sp³-hybridized carbons (Fsp3) is 0.872. The second kappa shape index (κ2) is 16.9. The first-order valence-corrected chi connectivity index (χ1v) is 23.0. The van der Waals surface area contributed by atoms with Crippen molar-refractivity contribution in [1.82, 2.24) is 20.0 Å². The van der Waals surface area contributed by atoms with Gasteiger partial charge in [0, 0.05) is 68.7 Å². The molecule has 0 radical (unpaired) electrons. The lowest BCUT2D eigenvalue weighted by molar-refractivity contribution is -0.147. The van der Waals surface area contributed by atoms with E-state index in [-0.39, 0.29) is 76.6 Å². The van der Waals surface area contributed by atoms with Crippen LogP contribution in [0.25, 0.3) is 0 Å². The number of rotatable bonds is 17. The second-order valence-corrected chi connectivity index (χ2v) is 21.5. The topological polar surface area (TPSA) is 124 Å². The number of piperazine rings is 1. The Morgan fingerprint density at radius 2 is 1.51 bits per heavy atom. The lowest BCUT2D eigenvalue weighted by atomic mass is 9.73. The van der Waals surface area contributed by atoms with E-state index in [1.807, 2.05) is 39.6 Å². The van der Waals surface area contributed by atoms with E-state index in [9.17, 15) is 24.0 Å². The summed E-state index contributed by atoms with van der Waals surface area (Å²) in [5.74, 6) is -2.32. The van der Waals surface area contributed by atoms with Crippen LogP contribution in [0.1, 0.15) is 158 Å². The maximum atomic E-state index is 15.3. The SMILES string of the molecule is CCCC(CC(=O)[C@@H]1C[C@@]2(CN1C(=O)[C@@H](CC(=O)[C@@H](NC(=O)[C@H]1CN(C(C)C)CCN1C)C1CCCCC1)C(C)(C)C)C(C)(C)C21CCC1)C(=O)C(=O)CC1CC1. The summed E-state index contributed by atoms with van der Waals surface area (Å²) < 4.78 is 0. The van der Waals surface area contributed by atoms with Gasteiger partial charge in [0.05, 0.1) is 12.1 Å². The molecule has 10 heteroatoms. The average Bonchev–Trinajstić information content (AvgIpc) is 3.97. The van der Waals surface area contributed by atoms with E-state index < -0.39 is 35.1 Å². The zero-order valence-electron chi connectivity index (χ0n) is 37.1. The molecule has 6 fully saturated rings. The Bertz CT molecular complexity index is 1550. The first kappa shape index (κ1) is 44.1. The largest absolute Gasteiger partial charge is 0.345 e. The minimum absolute atomic E-state index is 0.00599. The van der Waals surface area contributed by atoms with Gasteiger partial charge in [-0.2, -0.15) is 0 Å². The van der Waals surface area contributed by atoms with Crippen molar-refractivity contribution in [2.24, 2.45) is 45.3 Å². The van der Waals surface area contributed by atoms with Crippen LogP contribution in [0.4, 0.5) is 0 Å². The van der Waals surface area contributed by atoms with Crippen molar-refractivity contribution in [2.45, 2.75) is 182 Å². The zero-order valence-corrected chi connectivity index (χ0v) is 37.1. The summed E-state index contributed by atoms with van der Waals surface area (Å²) in [7, 11) is 1.98. The summed E-state index contributed by atoms with van der Waals surface area (Å²) >= 11 is 0. The number of hydrogen-bond donors (Lipinski definition) is 1. The molecule has 0 bridgehead atoms. The molecular formula is C47H76N4O6. The van der Waals surface area contributed by atoms with Crippen molar-refractivity contribution in [2.75, 3.05) is 33.2 Å². The molecule has 1 unspecified atom stereocenters. The smallest absolute Gasteiger partial charge is 0.239 e. The van der Waals surface area contributed by atoms with E-state index in [0.29, 0.717) is 44.3 Å². The second-order valence-electron chi connectivity index (χ2n) is 21.5. The van der Waals surface area contributed by atoms with Gasteiger partial charge in [-0.05, 0) is 100 Å². The van der Waals surface area contributed by atoms with Crippen LogP contribution in [0.5, 0.6) is 0 Å². The highest BCUT2D eigenvalue weighted by molar-refractivity contribution is 6.38. The highest BCUT2D eigenvalue weighted by atomic mass is 16.2. The maximum Gasteiger partial charge on any atom is 0.239 e. The van der Waals surface area contributed by atoms with Crippen molar-refractivity contribution in [3.05, 3.63) is 0 Å². The fourth-order valence-electron chi connectivity index (χ4n) is 12.2. The number of ketones is 4. The third-order valence-corrected chi connectivity index (χ3v) is 16.6. The van der Waals surface area contributed by atoms with Crippen LogP contribution in [0.2, 0.25) is 0 Å². The summed E-state index contributed by atoms with van der Waals surface area (Å²) in [6.07, 6.45) is 12.1. The van der Waals surface area contributed by atoms with Gasteiger partial charge >= 0.3 is 0 Å². The quantitative estimate of drug-likeness (QED) is 0.160. The maximum absolute atomic E-state index is 15.3. The van der Waals surface area contributed by atoms with Crippen LogP contribution >= 0.6 is 0 Å². The average molecular weight is 793 g/mol. The van der Waals surface area contributed by atoms with Gasteiger partial charge in [0.25, 0.3) is 0 Å². The molecule has 57 heavy (non-hydrogen) atoms. The number of nitrogens with one attached hydrogen (secondary N) is 1. The summed E-state index contributed by atoms with van der Waals surface area (Å²) in [6, 6.07) is -1.41. The van der Waals surface area contributed by atoms with Gasteiger partial charge < -0.3 is 10.2 Å². The third kappa shape index (κ3) is 8.48. The molecule has 2 heterocycles. The number of Topliss-reactive ketones (excluding diaryl/α,β-unsaturated/α-hetero) is 4. The molecule has 2 spiro atoms. The van der Waals surface area contributed by atoms with Gasteiger partial charge in [-0.3, -0.25) is 38.6 Å². The monoisotopic (exact) mass is 793 g/mol. The molecule has 6 rings (SSSR count). The standard InChI is InChI=1S/C47H76N4O6/c1-10-15-33(41(55)39(54)24-31-18-19-31)25-37(52)35-27-47(45(7,8)46(47)20-14-21-46)29-51(35)43(57)34(44(4,5)6)26-38(53)40(32-16-12-11-13-17-32)48-42(56)36-28-50(30(2)3)23-22-49(36)9/h30-36,40H,10-29H2,1-9H3,(H,48,56)/t33?,34-,35+,36-,40+,47-/m1/s1. The molecule has 4 aliphatic carbocycles. The Morgan fingerprint density at radius 3 is 2.05 bits per heavy atom. The number of nitrogens with zero attached hydrogens (tertiary/aromatic N) is 3. The Labute approximate surface area is 343 Å². The molecule has 0 aromatic heterocycles. The molecule has 2 amide bonds. The number of hydrogen-bond acceptors (Lipinski definition) is 8. The lowest BCUT2D eigenvalue weighted by Gasteiger charge is -2.41. The van der Waals surface area contributed by atoms with Crippen molar-refractivity contribution in [1.29, 1.82) is 0 Å². The number of amides is 2. The van der Waals surface area contributed by atoms with E-state index in [0.717, 1.165) is 77.3 Å². The van der Waals surface area contributed by atoms with Crippen molar-refractivity contribution < 1.29 is 28.8 Å². The van der Waals surface area contributed by atoms with Crippen LogP contribution in [0.15, 0.2) is 0 Å². The van der Waals surface area contributed by atoms with E-state index in [2.05, 4.69) is 42.8 Å². The molecule has 2 aliphatic heterocycles. The van der Waals surface area contributed by atoms with Gasteiger partial charge in [-0.15, -0.1) is 0 Å². The Balaban J connectivity index is 1.25. The van der Waals surface area contributed by atoms with Gasteiger partial charge in [0.2, 0.25) is 17.6 Å². The minimum Gasteiger partial charge on any atom is -0.345 e. The predicted octanol–water partition coefficient (Wildman–Crippen LogP) is 6.81. The predicted molar refractivity (Wildman–Crippen MR) is 222 cm³/mol. The van der Waals surface area contributed by atoms with E-state index in [1.165, 1.54) is 0 Å². The molecule has 10 nitrogen and oxygen atoms in total. The molecule has 0 aromatic carbocycles. The summed E-state index contributed by atoms with van der Waals surface area (Å²) in [5, 5.41) is 3.27. The van der Waals surface area contributed by atoms with Gasteiger partial charge in [-0.25, -0.2) is 0 Å². The molecule has 6 aliphatic rings. The molecule has 4 saturated carbocycles. The molecule has 2 saturated heterocycles. The molecule has 6 atom stereocenters. The number of likely N-dealkylation sites (tertiary alicyclic amines) is 1. The fourth-order valence-corrected chi connectivity index (χ4v) is 12.2.